The molecule has 1 aromatic heterocycles. The number of amides is 2. The molecule has 3 heterocycles. The van der Waals surface area contributed by atoms with Crippen molar-refractivity contribution in [3.05, 3.63) is 45.6 Å². The molecule has 31 heavy (non-hydrogen) atoms. The maximum Gasteiger partial charge on any atom is 0.414 e. The molecule has 12 heteroatoms. The summed E-state index contributed by atoms with van der Waals surface area (Å²) in [5, 5.41) is 2.71. The van der Waals surface area contributed by atoms with Crippen molar-refractivity contribution in [1.29, 1.82) is 0 Å². The SMILES string of the molecule is O=C(NCC1CN(c2ccccc2S(=O)(=O)N2CCOCC2)C(=O)O1)c1ccc(Cl)s1. The van der Waals surface area contributed by atoms with E-state index in [1.807, 2.05) is 0 Å². The molecule has 166 valence electrons. The highest BCUT2D eigenvalue weighted by molar-refractivity contribution is 7.89. The van der Waals surface area contributed by atoms with E-state index in [1.165, 1.54) is 15.3 Å². The molecule has 1 unspecified atom stereocenters. The number of benzene rings is 1. The van der Waals surface area contributed by atoms with Crippen LogP contribution >= 0.6 is 22.9 Å². The summed E-state index contributed by atoms with van der Waals surface area (Å²) >= 11 is 7.00. The first-order valence-electron chi connectivity index (χ1n) is 9.55. The molecule has 2 aromatic rings. The Morgan fingerprint density at radius 1 is 1.19 bits per heavy atom. The zero-order valence-electron chi connectivity index (χ0n) is 16.3. The lowest BCUT2D eigenvalue weighted by Crippen LogP contribution is -2.41. The molecule has 0 radical (unpaired) electrons. The summed E-state index contributed by atoms with van der Waals surface area (Å²) in [6, 6.07) is 9.57. The van der Waals surface area contributed by atoms with Crippen molar-refractivity contribution in [2.45, 2.75) is 11.0 Å². The number of thiophene rings is 1. The molecule has 2 aliphatic heterocycles. The highest BCUT2D eigenvalue weighted by atomic mass is 35.5. The Hall–Kier alpha value is -2.18. The van der Waals surface area contributed by atoms with Crippen LogP contribution in [-0.4, -0.2) is 70.2 Å². The average Bonchev–Trinajstić information content (AvgIpc) is 3.38. The molecule has 2 aliphatic rings. The number of carbonyl (C=O) groups excluding carboxylic acids is 2. The van der Waals surface area contributed by atoms with Crippen molar-refractivity contribution >= 4 is 50.6 Å². The van der Waals surface area contributed by atoms with Gasteiger partial charge in [0.05, 0.1) is 41.2 Å². The second kappa shape index (κ2) is 9.13. The number of cyclic esters (lactones) is 1. The Bertz CT molecular complexity index is 1080. The summed E-state index contributed by atoms with van der Waals surface area (Å²) in [4.78, 5) is 26.5. The summed E-state index contributed by atoms with van der Waals surface area (Å²) in [5.41, 5.74) is 0.248. The third-order valence-corrected chi connectivity index (χ3v) is 8.08. The molecule has 1 atom stereocenters. The fraction of sp³-hybridized carbons (Fsp3) is 0.368. The fourth-order valence-corrected chi connectivity index (χ4v) is 5.94. The number of hydrogen-bond donors (Lipinski definition) is 1. The van der Waals surface area contributed by atoms with Gasteiger partial charge in [-0.1, -0.05) is 23.7 Å². The van der Waals surface area contributed by atoms with Crippen molar-refractivity contribution in [2.75, 3.05) is 44.3 Å². The lowest BCUT2D eigenvalue weighted by molar-refractivity contribution is 0.0730. The Morgan fingerprint density at radius 2 is 1.94 bits per heavy atom. The molecule has 0 spiro atoms. The van der Waals surface area contributed by atoms with Gasteiger partial charge in [0.25, 0.3) is 5.91 Å². The fourth-order valence-electron chi connectivity index (χ4n) is 3.38. The van der Waals surface area contributed by atoms with Crippen molar-refractivity contribution < 1.29 is 27.5 Å². The zero-order valence-corrected chi connectivity index (χ0v) is 18.7. The van der Waals surface area contributed by atoms with Crippen LogP contribution in [0.2, 0.25) is 4.34 Å². The molecular weight excluding hydrogens is 466 g/mol. The molecule has 4 rings (SSSR count). The second-order valence-electron chi connectivity index (χ2n) is 6.91. The quantitative estimate of drug-likeness (QED) is 0.672. The topological polar surface area (TPSA) is 105 Å². The highest BCUT2D eigenvalue weighted by Gasteiger charge is 2.37. The molecule has 2 saturated heterocycles. The van der Waals surface area contributed by atoms with Gasteiger partial charge in [-0.05, 0) is 24.3 Å². The first kappa shape index (κ1) is 22.0. The number of hydrogen-bond acceptors (Lipinski definition) is 7. The van der Waals surface area contributed by atoms with Gasteiger partial charge in [-0.3, -0.25) is 9.69 Å². The van der Waals surface area contributed by atoms with Gasteiger partial charge >= 0.3 is 6.09 Å². The zero-order chi connectivity index (χ0) is 22.0. The molecule has 2 amide bonds. The van der Waals surface area contributed by atoms with E-state index in [-0.39, 0.29) is 42.7 Å². The van der Waals surface area contributed by atoms with E-state index in [2.05, 4.69) is 5.32 Å². The van der Waals surface area contributed by atoms with Gasteiger partial charge in [-0.25, -0.2) is 13.2 Å². The summed E-state index contributed by atoms with van der Waals surface area (Å²) in [5.74, 6) is -0.318. The molecule has 0 saturated carbocycles. The largest absolute Gasteiger partial charge is 0.442 e. The number of nitrogens with zero attached hydrogens (tertiary/aromatic N) is 2. The Labute approximate surface area is 188 Å². The van der Waals surface area contributed by atoms with Gasteiger partial charge < -0.3 is 14.8 Å². The van der Waals surface area contributed by atoms with Crippen LogP contribution in [0.4, 0.5) is 10.5 Å². The van der Waals surface area contributed by atoms with Crippen molar-refractivity contribution in [1.82, 2.24) is 9.62 Å². The van der Waals surface area contributed by atoms with Crippen LogP contribution in [0.3, 0.4) is 0 Å². The summed E-state index contributed by atoms with van der Waals surface area (Å²) in [6.07, 6.45) is -1.28. The van der Waals surface area contributed by atoms with Crippen LogP contribution in [0.5, 0.6) is 0 Å². The number of morpholine rings is 1. The maximum atomic E-state index is 13.2. The number of rotatable bonds is 6. The van der Waals surface area contributed by atoms with Crippen LogP contribution < -0.4 is 10.2 Å². The minimum atomic E-state index is -3.81. The van der Waals surface area contributed by atoms with Crippen LogP contribution in [0, 0.1) is 0 Å². The number of sulfonamides is 1. The lowest BCUT2D eigenvalue weighted by atomic mass is 10.2. The van der Waals surface area contributed by atoms with Gasteiger partial charge in [0.2, 0.25) is 10.0 Å². The van der Waals surface area contributed by atoms with E-state index in [9.17, 15) is 18.0 Å². The minimum Gasteiger partial charge on any atom is -0.442 e. The predicted octanol–water partition coefficient (Wildman–Crippen LogP) is 2.18. The molecule has 0 bridgehead atoms. The predicted molar refractivity (Wildman–Crippen MR) is 115 cm³/mol. The molecule has 1 aromatic carbocycles. The third-order valence-electron chi connectivity index (χ3n) is 4.91. The number of nitrogens with one attached hydrogen (secondary N) is 1. The van der Waals surface area contributed by atoms with Gasteiger partial charge in [0, 0.05) is 13.1 Å². The summed E-state index contributed by atoms with van der Waals surface area (Å²) in [7, 11) is -3.81. The number of carbonyl (C=O) groups is 2. The summed E-state index contributed by atoms with van der Waals surface area (Å²) < 4.78 is 38.7. The number of halogens is 1. The van der Waals surface area contributed by atoms with E-state index < -0.39 is 22.2 Å². The normalized spacial score (nSPS) is 20.0. The van der Waals surface area contributed by atoms with Gasteiger partial charge in [0.1, 0.15) is 11.0 Å². The Kier molecular flexibility index (Phi) is 6.49. The van der Waals surface area contributed by atoms with E-state index in [4.69, 9.17) is 21.1 Å². The van der Waals surface area contributed by atoms with Gasteiger partial charge in [-0.15, -0.1) is 11.3 Å². The third kappa shape index (κ3) is 4.70. The van der Waals surface area contributed by atoms with E-state index in [0.717, 1.165) is 11.3 Å². The van der Waals surface area contributed by atoms with Crippen molar-refractivity contribution in [3.8, 4) is 0 Å². The smallest absolute Gasteiger partial charge is 0.414 e. The number of para-hydroxylation sites is 1. The van der Waals surface area contributed by atoms with Crippen LogP contribution in [-0.2, 0) is 19.5 Å². The molecule has 9 nitrogen and oxygen atoms in total. The molecule has 2 fully saturated rings. The molecular formula is C19H20ClN3O6S2. The Morgan fingerprint density at radius 3 is 2.65 bits per heavy atom. The first-order valence-corrected chi connectivity index (χ1v) is 12.2. The number of anilines is 1. The minimum absolute atomic E-state index is 0.0340. The summed E-state index contributed by atoms with van der Waals surface area (Å²) in [6.45, 7) is 1.36. The second-order valence-corrected chi connectivity index (χ2v) is 10.5. The van der Waals surface area contributed by atoms with Gasteiger partial charge in [-0.2, -0.15) is 4.31 Å². The van der Waals surface area contributed by atoms with Crippen molar-refractivity contribution in [3.63, 3.8) is 0 Å². The van der Waals surface area contributed by atoms with E-state index >= 15 is 0 Å². The van der Waals surface area contributed by atoms with Crippen LogP contribution in [0.1, 0.15) is 9.67 Å². The Balaban J connectivity index is 1.48. The first-order chi connectivity index (χ1) is 14.9. The van der Waals surface area contributed by atoms with E-state index in [1.54, 1.807) is 30.3 Å². The molecule has 0 aliphatic carbocycles. The van der Waals surface area contributed by atoms with Crippen LogP contribution in [0.15, 0.2) is 41.3 Å². The number of ether oxygens (including phenoxy) is 2. The molecule has 1 N–H and O–H groups in total. The van der Waals surface area contributed by atoms with Gasteiger partial charge in [0.15, 0.2) is 0 Å². The average molecular weight is 486 g/mol. The highest BCUT2D eigenvalue weighted by Crippen LogP contribution is 2.31. The maximum absolute atomic E-state index is 13.2. The van der Waals surface area contributed by atoms with Crippen molar-refractivity contribution in [2.24, 2.45) is 0 Å². The standard InChI is InChI=1S/C19H20ClN3O6S2/c20-17-6-5-15(30-17)18(24)21-11-13-12-23(19(25)29-13)14-3-1-2-4-16(14)31(26,27)22-7-9-28-10-8-22/h1-6,13H,7-12H2,(H,21,24). The lowest BCUT2D eigenvalue weighted by Gasteiger charge is -2.27. The monoisotopic (exact) mass is 485 g/mol. The van der Waals surface area contributed by atoms with E-state index in [0.29, 0.717) is 22.4 Å². The van der Waals surface area contributed by atoms with Crippen LogP contribution in [0.25, 0.3) is 0 Å².